The van der Waals surface area contributed by atoms with Gasteiger partial charge in [-0.3, -0.25) is 0 Å². The van der Waals surface area contributed by atoms with Crippen molar-refractivity contribution in [1.29, 1.82) is 0 Å². The maximum Gasteiger partial charge on any atom is 0.168 e. The fourth-order valence-corrected chi connectivity index (χ4v) is 2.39. The van der Waals surface area contributed by atoms with Gasteiger partial charge in [-0.25, -0.2) is 0 Å². The smallest absolute Gasteiger partial charge is 0.168 e. The SMILES string of the molecule is C[C@H](N)C1CCC2(CC1)OCCO2. The Hall–Kier alpha value is -0.120. The van der Waals surface area contributed by atoms with Gasteiger partial charge in [0.15, 0.2) is 5.79 Å². The predicted molar refractivity (Wildman–Crippen MR) is 50.2 cm³/mol. The van der Waals surface area contributed by atoms with Crippen LogP contribution in [0.2, 0.25) is 0 Å². The Morgan fingerprint density at radius 3 is 2.23 bits per heavy atom. The summed E-state index contributed by atoms with van der Waals surface area (Å²) >= 11 is 0. The van der Waals surface area contributed by atoms with E-state index >= 15 is 0 Å². The van der Waals surface area contributed by atoms with Crippen LogP contribution in [0.25, 0.3) is 0 Å². The zero-order valence-electron chi connectivity index (χ0n) is 8.29. The number of rotatable bonds is 1. The summed E-state index contributed by atoms with van der Waals surface area (Å²) in [5.41, 5.74) is 5.87. The zero-order valence-corrected chi connectivity index (χ0v) is 8.29. The van der Waals surface area contributed by atoms with E-state index in [0.29, 0.717) is 12.0 Å². The minimum Gasteiger partial charge on any atom is -0.348 e. The third kappa shape index (κ3) is 1.87. The maximum absolute atomic E-state index is 5.87. The monoisotopic (exact) mass is 185 g/mol. The maximum atomic E-state index is 5.87. The van der Waals surface area contributed by atoms with Crippen LogP contribution in [0.1, 0.15) is 32.6 Å². The minimum absolute atomic E-state index is 0.217. The highest BCUT2D eigenvalue weighted by molar-refractivity contribution is 4.84. The molecule has 0 aromatic carbocycles. The summed E-state index contributed by atoms with van der Waals surface area (Å²) in [6, 6.07) is 0.318. The Kier molecular flexibility index (Phi) is 2.58. The topological polar surface area (TPSA) is 44.5 Å². The van der Waals surface area contributed by atoms with Crippen molar-refractivity contribution < 1.29 is 9.47 Å². The molecular weight excluding hydrogens is 166 g/mol. The van der Waals surface area contributed by atoms with E-state index in [0.717, 1.165) is 38.9 Å². The van der Waals surface area contributed by atoms with Crippen LogP contribution in [-0.2, 0) is 9.47 Å². The molecule has 0 aromatic heterocycles. The third-order valence-electron chi connectivity index (χ3n) is 3.35. The first-order valence-corrected chi connectivity index (χ1v) is 5.25. The number of hydrogen-bond donors (Lipinski definition) is 1. The van der Waals surface area contributed by atoms with Crippen LogP contribution in [0.15, 0.2) is 0 Å². The highest BCUT2D eigenvalue weighted by Gasteiger charge is 2.40. The first-order chi connectivity index (χ1) is 6.22. The van der Waals surface area contributed by atoms with E-state index in [-0.39, 0.29) is 5.79 Å². The van der Waals surface area contributed by atoms with Crippen LogP contribution in [-0.4, -0.2) is 25.0 Å². The standard InChI is InChI=1S/C10H19NO2/c1-8(11)9-2-4-10(5-3-9)12-6-7-13-10/h8-9H,2-7,11H2,1H3/t8-/m0/s1. The normalized spacial score (nSPS) is 30.9. The molecule has 13 heavy (non-hydrogen) atoms. The number of nitrogens with two attached hydrogens (primary N) is 1. The lowest BCUT2D eigenvalue weighted by Gasteiger charge is -2.36. The van der Waals surface area contributed by atoms with Crippen LogP contribution < -0.4 is 5.73 Å². The molecule has 3 heteroatoms. The van der Waals surface area contributed by atoms with E-state index in [1.54, 1.807) is 0 Å². The average molecular weight is 185 g/mol. The summed E-state index contributed by atoms with van der Waals surface area (Å²) in [5, 5.41) is 0. The van der Waals surface area contributed by atoms with E-state index < -0.39 is 0 Å². The molecule has 0 aromatic rings. The summed E-state index contributed by atoms with van der Waals surface area (Å²) in [6.45, 7) is 3.63. The van der Waals surface area contributed by atoms with E-state index in [2.05, 4.69) is 6.92 Å². The van der Waals surface area contributed by atoms with Crippen molar-refractivity contribution in [3.63, 3.8) is 0 Å². The van der Waals surface area contributed by atoms with E-state index in [1.807, 2.05) is 0 Å². The molecule has 1 saturated carbocycles. The molecule has 76 valence electrons. The second kappa shape index (κ2) is 3.56. The Balaban J connectivity index is 1.88. The molecule has 1 spiro atoms. The molecular formula is C10H19NO2. The summed E-state index contributed by atoms with van der Waals surface area (Å²) in [6.07, 6.45) is 4.35. The van der Waals surface area contributed by atoms with E-state index in [1.165, 1.54) is 0 Å². The van der Waals surface area contributed by atoms with Crippen molar-refractivity contribution in [2.75, 3.05) is 13.2 Å². The van der Waals surface area contributed by atoms with Gasteiger partial charge in [-0.05, 0) is 25.7 Å². The predicted octanol–water partition coefficient (Wildman–Crippen LogP) is 1.27. The molecule has 1 atom stereocenters. The second-order valence-electron chi connectivity index (χ2n) is 4.30. The molecule has 0 amide bonds. The molecule has 0 bridgehead atoms. The largest absolute Gasteiger partial charge is 0.348 e. The molecule has 3 nitrogen and oxygen atoms in total. The molecule has 0 radical (unpaired) electrons. The van der Waals surface area contributed by atoms with E-state index in [4.69, 9.17) is 15.2 Å². The van der Waals surface area contributed by atoms with Crippen molar-refractivity contribution in [2.45, 2.75) is 44.4 Å². The molecule has 2 fully saturated rings. The fraction of sp³-hybridized carbons (Fsp3) is 1.00. The quantitative estimate of drug-likeness (QED) is 0.669. The van der Waals surface area contributed by atoms with Crippen molar-refractivity contribution in [3.05, 3.63) is 0 Å². The van der Waals surface area contributed by atoms with Gasteiger partial charge in [-0.1, -0.05) is 0 Å². The molecule has 2 rings (SSSR count). The molecule has 1 aliphatic carbocycles. The fourth-order valence-electron chi connectivity index (χ4n) is 2.39. The van der Waals surface area contributed by atoms with Gasteiger partial charge in [-0.2, -0.15) is 0 Å². The van der Waals surface area contributed by atoms with Gasteiger partial charge in [-0.15, -0.1) is 0 Å². The van der Waals surface area contributed by atoms with Crippen molar-refractivity contribution in [3.8, 4) is 0 Å². The first-order valence-electron chi connectivity index (χ1n) is 5.25. The van der Waals surface area contributed by atoms with Crippen molar-refractivity contribution >= 4 is 0 Å². The summed E-state index contributed by atoms with van der Waals surface area (Å²) in [4.78, 5) is 0. The van der Waals surface area contributed by atoms with Gasteiger partial charge in [0.05, 0.1) is 13.2 Å². The lowest BCUT2D eigenvalue weighted by atomic mass is 9.81. The Bertz CT molecular complexity index is 166. The Morgan fingerprint density at radius 1 is 1.23 bits per heavy atom. The van der Waals surface area contributed by atoms with Gasteiger partial charge in [0.25, 0.3) is 0 Å². The Morgan fingerprint density at radius 2 is 1.77 bits per heavy atom. The van der Waals surface area contributed by atoms with Gasteiger partial charge >= 0.3 is 0 Å². The van der Waals surface area contributed by atoms with Crippen molar-refractivity contribution in [1.82, 2.24) is 0 Å². The molecule has 2 N–H and O–H groups in total. The number of hydrogen-bond acceptors (Lipinski definition) is 3. The van der Waals surface area contributed by atoms with Gasteiger partial charge in [0.2, 0.25) is 0 Å². The summed E-state index contributed by atoms with van der Waals surface area (Å²) in [5.74, 6) is 0.448. The van der Waals surface area contributed by atoms with Crippen LogP contribution in [0.3, 0.4) is 0 Å². The molecule has 1 heterocycles. The number of ether oxygens (including phenoxy) is 2. The van der Waals surface area contributed by atoms with Crippen LogP contribution in [0, 0.1) is 5.92 Å². The van der Waals surface area contributed by atoms with Gasteiger partial charge in [0.1, 0.15) is 0 Å². The van der Waals surface area contributed by atoms with Crippen molar-refractivity contribution in [2.24, 2.45) is 11.7 Å². The minimum atomic E-state index is -0.217. The lowest BCUT2D eigenvalue weighted by molar-refractivity contribution is -0.183. The van der Waals surface area contributed by atoms with Crippen LogP contribution >= 0.6 is 0 Å². The summed E-state index contributed by atoms with van der Waals surface area (Å²) in [7, 11) is 0. The summed E-state index contributed by atoms with van der Waals surface area (Å²) < 4.78 is 11.3. The third-order valence-corrected chi connectivity index (χ3v) is 3.35. The molecule has 1 aliphatic heterocycles. The second-order valence-corrected chi connectivity index (χ2v) is 4.30. The Labute approximate surface area is 79.6 Å². The van der Waals surface area contributed by atoms with Gasteiger partial charge < -0.3 is 15.2 Å². The highest BCUT2D eigenvalue weighted by atomic mass is 16.7. The zero-order chi connectivity index (χ0) is 9.31. The van der Waals surface area contributed by atoms with Crippen LogP contribution in [0.5, 0.6) is 0 Å². The first kappa shape index (κ1) is 9.44. The van der Waals surface area contributed by atoms with Crippen LogP contribution in [0.4, 0.5) is 0 Å². The highest BCUT2D eigenvalue weighted by Crippen LogP contribution is 2.38. The average Bonchev–Trinajstić information content (AvgIpc) is 2.54. The molecule has 2 aliphatic rings. The lowest BCUT2D eigenvalue weighted by Crippen LogP contribution is -2.39. The molecule has 0 unspecified atom stereocenters. The van der Waals surface area contributed by atoms with E-state index in [9.17, 15) is 0 Å². The van der Waals surface area contributed by atoms with Gasteiger partial charge in [0, 0.05) is 18.9 Å². The molecule has 1 saturated heterocycles.